The van der Waals surface area contributed by atoms with Crippen molar-refractivity contribution in [2.24, 2.45) is 10.4 Å². The van der Waals surface area contributed by atoms with Crippen LogP contribution in [-0.4, -0.2) is 69.0 Å². The molecule has 0 radical (unpaired) electrons. The topological polar surface area (TPSA) is 60.0 Å². The van der Waals surface area contributed by atoms with E-state index in [9.17, 15) is 4.79 Å². The van der Waals surface area contributed by atoms with Crippen LogP contribution in [0.1, 0.15) is 44.6 Å². The maximum atomic E-state index is 12.7. The largest absolute Gasteiger partial charge is 0.356 e. The zero-order chi connectivity index (χ0) is 21.3. The second kappa shape index (κ2) is 11.2. The molecule has 1 aromatic carbocycles. The third kappa shape index (κ3) is 6.74. The lowest BCUT2D eigenvalue weighted by atomic mass is 9.84. The van der Waals surface area contributed by atoms with E-state index in [4.69, 9.17) is 0 Å². The minimum atomic E-state index is -0.287. The van der Waals surface area contributed by atoms with Gasteiger partial charge in [0, 0.05) is 46.8 Å². The van der Waals surface area contributed by atoms with Crippen LogP contribution in [0.4, 0.5) is 0 Å². The molecule has 0 saturated heterocycles. The molecule has 6 heteroatoms. The number of carbonyl (C=O) groups excluding carboxylic acids is 1. The molecule has 162 valence electrons. The molecule has 1 saturated carbocycles. The molecule has 1 aliphatic carbocycles. The van der Waals surface area contributed by atoms with Crippen molar-refractivity contribution in [3.8, 4) is 0 Å². The number of nitrogens with one attached hydrogen (secondary N) is 2. The zero-order valence-corrected chi connectivity index (χ0v) is 18.9. The first-order chi connectivity index (χ1) is 13.9. The maximum Gasteiger partial charge on any atom is 0.230 e. The second-order valence-electron chi connectivity index (χ2n) is 8.58. The van der Waals surface area contributed by atoms with Gasteiger partial charge in [-0.05, 0) is 38.8 Å². The summed E-state index contributed by atoms with van der Waals surface area (Å²) in [7, 11) is 7.66. The van der Waals surface area contributed by atoms with Gasteiger partial charge in [-0.3, -0.25) is 14.7 Å². The first kappa shape index (κ1) is 23.2. The SMILES string of the molecule is CN=C(NCCC(C)N(C)Cc1ccccc1)NCC1(C(=O)N(C)C)CCCC1. The molecule has 29 heavy (non-hydrogen) atoms. The summed E-state index contributed by atoms with van der Waals surface area (Å²) in [5.41, 5.74) is 1.05. The van der Waals surface area contributed by atoms with Crippen LogP contribution in [-0.2, 0) is 11.3 Å². The van der Waals surface area contributed by atoms with Gasteiger partial charge in [0.1, 0.15) is 0 Å². The van der Waals surface area contributed by atoms with Gasteiger partial charge in [0.25, 0.3) is 0 Å². The number of hydrogen-bond donors (Lipinski definition) is 2. The van der Waals surface area contributed by atoms with Crippen LogP contribution >= 0.6 is 0 Å². The Labute approximate surface area is 176 Å². The number of carbonyl (C=O) groups is 1. The average Bonchev–Trinajstić information content (AvgIpc) is 3.20. The van der Waals surface area contributed by atoms with Crippen molar-refractivity contribution in [3.05, 3.63) is 35.9 Å². The third-order valence-electron chi connectivity index (χ3n) is 6.12. The summed E-state index contributed by atoms with van der Waals surface area (Å²) < 4.78 is 0. The smallest absolute Gasteiger partial charge is 0.230 e. The number of amides is 1. The Kier molecular flexibility index (Phi) is 8.96. The number of benzene rings is 1. The van der Waals surface area contributed by atoms with Gasteiger partial charge in [-0.25, -0.2) is 0 Å². The minimum absolute atomic E-state index is 0.231. The van der Waals surface area contributed by atoms with Crippen LogP contribution in [0.5, 0.6) is 0 Å². The highest BCUT2D eigenvalue weighted by Crippen LogP contribution is 2.38. The third-order valence-corrected chi connectivity index (χ3v) is 6.12. The van der Waals surface area contributed by atoms with E-state index in [2.05, 4.69) is 64.8 Å². The first-order valence-electron chi connectivity index (χ1n) is 10.8. The molecule has 6 nitrogen and oxygen atoms in total. The molecule has 2 rings (SSSR count). The quantitative estimate of drug-likeness (QED) is 0.493. The second-order valence-corrected chi connectivity index (χ2v) is 8.58. The van der Waals surface area contributed by atoms with Crippen LogP contribution in [0.3, 0.4) is 0 Å². The van der Waals surface area contributed by atoms with E-state index in [0.717, 1.165) is 51.2 Å². The van der Waals surface area contributed by atoms with Crippen molar-refractivity contribution in [1.29, 1.82) is 0 Å². The first-order valence-corrected chi connectivity index (χ1v) is 10.8. The molecular formula is C23H39N5O. The molecule has 2 N–H and O–H groups in total. The van der Waals surface area contributed by atoms with Crippen molar-refractivity contribution < 1.29 is 4.79 Å². The highest BCUT2D eigenvalue weighted by Gasteiger charge is 2.42. The van der Waals surface area contributed by atoms with Gasteiger partial charge in [-0.1, -0.05) is 43.2 Å². The Balaban J connectivity index is 1.77. The van der Waals surface area contributed by atoms with Gasteiger partial charge >= 0.3 is 0 Å². The molecule has 0 heterocycles. The fourth-order valence-corrected chi connectivity index (χ4v) is 4.11. The molecule has 0 aromatic heterocycles. The molecule has 1 atom stereocenters. The fourth-order valence-electron chi connectivity index (χ4n) is 4.11. The summed E-state index contributed by atoms with van der Waals surface area (Å²) in [6.07, 6.45) is 5.17. The molecule has 1 aliphatic rings. The van der Waals surface area contributed by atoms with Crippen molar-refractivity contribution in [3.63, 3.8) is 0 Å². The van der Waals surface area contributed by atoms with Gasteiger partial charge in [0.2, 0.25) is 5.91 Å². The number of rotatable bonds is 9. The Morgan fingerprint density at radius 2 is 1.79 bits per heavy atom. The normalized spacial score (nSPS) is 17.2. The van der Waals surface area contributed by atoms with Gasteiger partial charge in [0.15, 0.2) is 5.96 Å². The summed E-state index contributed by atoms with van der Waals surface area (Å²) in [6.45, 7) is 4.69. The fraction of sp³-hybridized carbons (Fsp3) is 0.652. The summed E-state index contributed by atoms with van der Waals surface area (Å²) in [5.74, 6) is 1.01. The standard InChI is InChI=1S/C23H39N5O/c1-19(28(5)17-20-11-7-6-8-12-20)13-16-25-22(24-2)26-18-23(14-9-10-15-23)21(29)27(3)4/h6-8,11-12,19H,9-10,13-18H2,1-5H3,(H2,24,25,26). The maximum absolute atomic E-state index is 12.7. The summed E-state index contributed by atoms with van der Waals surface area (Å²) in [5, 5.41) is 6.82. The van der Waals surface area contributed by atoms with Crippen molar-refractivity contribution in [2.75, 3.05) is 41.3 Å². The molecule has 0 bridgehead atoms. The average molecular weight is 402 g/mol. The molecular weight excluding hydrogens is 362 g/mol. The summed E-state index contributed by atoms with van der Waals surface area (Å²) >= 11 is 0. The number of guanidine groups is 1. The van der Waals surface area contributed by atoms with E-state index in [1.54, 1.807) is 11.9 Å². The molecule has 0 spiro atoms. The van der Waals surface area contributed by atoms with Crippen molar-refractivity contribution in [2.45, 2.75) is 51.6 Å². The Morgan fingerprint density at radius 1 is 1.14 bits per heavy atom. The van der Waals surface area contributed by atoms with Gasteiger partial charge in [-0.15, -0.1) is 0 Å². The number of aliphatic imine (C=N–C) groups is 1. The van der Waals surface area contributed by atoms with Crippen LogP contribution in [0, 0.1) is 5.41 Å². The van der Waals surface area contributed by atoms with Gasteiger partial charge < -0.3 is 15.5 Å². The van der Waals surface area contributed by atoms with Crippen LogP contribution in [0.25, 0.3) is 0 Å². The van der Waals surface area contributed by atoms with E-state index in [-0.39, 0.29) is 11.3 Å². The predicted molar refractivity (Wildman–Crippen MR) is 121 cm³/mol. The number of nitrogens with zero attached hydrogens (tertiary/aromatic N) is 3. The van der Waals surface area contributed by atoms with Crippen molar-refractivity contribution >= 4 is 11.9 Å². The van der Waals surface area contributed by atoms with Gasteiger partial charge in [-0.2, -0.15) is 0 Å². The molecule has 1 unspecified atom stereocenters. The molecule has 1 amide bonds. The number of hydrogen-bond acceptors (Lipinski definition) is 3. The van der Waals surface area contributed by atoms with E-state index in [1.165, 1.54) is 5.56 Å². The Morgan fingerprint density at radius 3 is 2.38 bits per heavy atom. The van der Waals surface area contributed by atoms with E-state index in [1.807, 2.05) is 14.1 Å². The highest BCUT2D eigenvalue weighted by molar-refractivity contribution is 5.85. The summed E-state index contributed by atoms with van der Waals surface area (Å²) in [4.78, 5) is 21.2. The van der Waals surface area contributed by atoms with Crippen LogP contribution in [0.2, 0.25) is 0 Å². The zero-order valence-electron chi connectivity index (χ0n) is 18.9. The lowest BCUT2D eigenvalue weighted by Gasteiger charge is -2.31. The lowest BCUT2D eigenvalue weighted by molar-refractivity contribution is -0.138. The monoisotopic (exact) mass is 401 g/mol. The molecule has 0 aliphatic heterocycles. The van der Waals surface area contributed by atoms with Crippen LogP contribution < -0.4 is 10.6 Å². The molecule has 1 aromatic rings. The van der Waals surface area contributed by atoms with Crippen molar-refractivity contribution in [1.82, 2.24) is 20.4 Å². The van der Waals surface area contributed by atoms with E-state index < -0.39 is 0 Å². The molecule has 1 fully saturated rings. The lowest BCUT2D eigenvalue weighted by Crippen LogP contribution is -2.49. The predicted octanol–water partition coefficient (Wildman–Crippen LogP) is 2.71. The van der Waals surface area contributed by atoms with E-state index >= 15 is 0 Å². The van der Waals surface area contributed by atoms with Gasteiger partial charge in [0.05, 0.1) is 5.41 Å². The Bertz CT molecular complexity index is 652. The summed E-state index contributed by atoms with van der Waals surface area (Å²) in [6, 6.07) is 11.0. The Hall–Kier alpha value is -2.08. The van der Waals surface area contributed by atoms with E-state index in [0.29, 0.717) is 12.6 Å². The minimum Gasteiger partial charge on any atom is -0.356 e. The highest BCUT2D eigenvalue weighted by atomic mass is 16.2. The van der Waals surface area contributed by atoms with Crippen LogP contribution in [0.15, 0.2) is 35.3 Å².